The van der Waals surface area contributed by atoms with Gasteiger partial charge in [0.2, 0.25) is 5.91 Å². The third kappa shape index (κ3) is 5.84. The molecular weight excluding hydrogens is 560 g/mol. The Morgan fingerprint density at radius 1 is 0.955 bits per heavy atom. The van der Waals surface area contributed by atoms with E-state index in [0.717, 1.165) is 26.8 Å². The number of benzene rings is 4. The maximum absolute atomic E-state index is 14.4. The number of para-hydroxylation sites is 2. The molecule has 10 heteroatoms. The van der Waals surface area contributed by atoms with Gasteiger partial charge in [-0.2, -0.15) is 0 Å². The molecule has 10 nitrogen and oxygen atoms in total. The molecule has 0 aromatic heterocycles. The minimum atomic E-state index is -1.29. The van der Waals surface area contributed by atoms with Gasteiger partial charge < -0.3 is 25.3 Å². The molecule has 0 bridgehead atoms. The minimum Gasteiger partial charge on any atom is -0.465 e. The van der Waals surface area contributed by atoms with E-state index in [2.05, 4.69) is 5.32 Å². The molecule has 0 aliphatic carbocycles. The van der Waals surface area contributed by atoms with Gasteiger partial charge in [-0.05, 0) is 65.6 Å². The van der Waals surface area contributed by atoms with Crippen molar-refractivity contribution >= 4 is 46.0 Å². The summed E-state index contributed by atoms with van der Waals surface area (Å²) in [6.45, 7) is 3.23. The molecule has 0 spiro atoms. The molecule has 1 aliphatic rings. The number of rotatable bonds is 7. The summed E-state index contributed by atoms with van der Waals surface area (Å²) in [6.07, 6.45) is -1.29. The second kappa shape index (κ2) is 12.6. The van der Waals surface area contributed by atoms with E-state index in [1.165, 1.54) is 18.9 Å². The molecule has 4 aromatic rings. The van der Waals surface area contributed by atoms with Gasteiger partial charge in [0.25, 0.3) is 11.8 Å². The van der Waals surface area contributed by atoms with Crippen LogP contribution in [0.2, 0.25) is 0 Å². The van der Waals surface area contributed by atoms with Crippen molar-refractivity contribution in [3.63, 3.8) is 0 Å². The minimum absolute atomic E-state index is 0.171. The summed E-state index contributed by atoms with van der Waals surface area (Å²) < 4.78 is 0. The Labute approximate surface area is 255 Å². The molecule has 1 aliphatic heterocycles. The molecule has 0 fully saturated rings. The van der Waals surface area contributed by atoms with Crippen molar-refractivity contribution in [2.24, 2.45) is 0 Å². The fourth-order valence-corrected chi connectivity index (χ4v) is 5.40. The van der Waals surface area contributed by atoms with E-state index >= 15 is 0 Å². The monoisotopic (exact) mass is 594 g/mol. The summed E-state index contributed by atoms with van der Waals surface area (Å²) in [4.78, 5) is 57.2. The third-order valence-electron chi connectivity index (χ3n) is 8.19. The summed E-state index contributed by atoms with van der Waals surface area (Å²) in [7, 11) is 1.28. The maximum atomic E-state index is 14.4. The molecule has 1 heterocycles. The third-order valence-corrected chi connectivity index (χ3v) is 8.19. The van der Waals surface area contributed by atoms with Crippen LogP contribution in [0.5, 0.6) is 0 Å². The molecule has 0 saturated heterocycles. The summed E-state index contributed by atoms with van der Waals surface area (Å²) >= 11 is 0. The lowest BCUT2D eigenvalue weighted by Gasteiger charge is -2.28. The van der Waals surface area contributed by atoms with Crippen LogP contribution in [0.4, 0.5) is 16.2 Å². The number of nitrogens with zero attached hydrogens (tertiary/aromatic N) is 3. The van der Waals surface area contributed by atoms with Crippen molar-refractivity contribution < 1.29 is 29.4 Å². The zero-order valence-electron chi connectivity index (χ0n) is 24.7. The maximum Gasteiger partial charge on any atom is 0.407 e. The number of fused-ring (bicyclic) bond motifs is 2. The largest absolute Gasteiger partial charge is 0.465 e. The van der Waals surface area contributed by atoms with Crippen molar-refractivity contribution in [1.29, 1.82) is 0 Å². The standard InChI is InChI=1S/C34H34N4O6/c1-21-12-15-24-8-4-5-9-26(24)27(21)18-37-29-10-6-7-11-30(29)38(32(41)25-16-13-23(20-39)14-17-25)19-28(33(37)42)35-31(40)22(2)36(3)34(43)44/h4-17,22,28,39H,18-20H2,1-3H3,(H,35,40)(H,43,44)/t22-,28-/m0/s1. The van der Waals surface area contributed by atoms with Crippen LogP contribution in [0.25, 0.3) is 10.8 Å². The van der Waals surface area contributed by atoms with Gasteiger partial charge in [0, 0.05) is 12.6 Å². The highest BCUT2D eigenvalue weighted by atomic mass is 16.4. The smallest absolute Gasteiger partial charge is 0.407 e. The Bertz CT molecular complexity index is 1740. The van der Waals surface area contributed by atoms with E-state index < -0.39 is 35.9 Å². The molecule has 0 radical (unpaired) electrons. The first-order valence-electron chi connectivity index (χ1n) is 14.3. The highest BCUT2D eigenvalue weighted by molar-refractivity contribution is 6.13. The van der Waals surface area contributed by atoms with Crippen LogP contribution in [-0.4, -0.2) is 64.6 Å². The molecule has 4 amide bonds. The Morgan fingerprint density at radius 3 is 2.30 bits per heavy atom. The number of hydrogen-bond acceptors (Lipinski definition) is 5. The van der Waals surface area contributed by atoms with Crippen LogP contribution >= 0.6 is 0 Å². The number of carbonyl (C=O) groups excluding carboxylic acids is 3. The first kappa shape index (κ1) is 30.2. The van der Waals surface area contributed by atoms with E-state index in [4.69, 9.17) is 0 Å². The van der Waals surface area contributed by atoms with E-state index in [1.54, 1.807) is 53.4 Å². The second-order valence-corrected chi connectivity index (χ2v) is 10.9. The van der Waals surface area contributed by atoms with Crippen LogP contribution in [0.3, 0.4) is 0 Å². The zero-order chi connectivity index (χ0) is 31.5. The number of aryl methyl sites for hydroxylation is 1. The van der Waals surface area contributed by atoms with E-state index in [-0.39, 0.29) is 19.7 Å². The molecule has 0 saturated carbocycles. The van der Waals surface area contributed by atoms with Gasteiger partial charge in [0.1, 0.15) is 12.1 Å². The summed E-state index contributed by atoms with van der Waals surface area (Å²) in [5.74, 6) is -1.50. The highest BCUT2D eigenvalue weighted by Gasteiger charge is 2.38. The Morgan fingerprint density at radius 2 is 1.61 bits per heavy atom. The Hall–Kier alpha value is -5.22. The molecule has 3 N–H and O–H groups in total. The second-order valence-electron chi connectivity index (χ2n) is 10.9. The van der Waals surface area contributed by atoms with Gasteiger partial charge in [0.15, 0.2) is 0 Å². The average molecular weight is 595 g/mol. The summed E-state index contributed by atoms with van der Waals surface area (Å²) in [6, 6.07) is 23.3. The number of aliphatic hydroxyl groups is 1. The van der Waals surface area contributed by atoms with Crippen molar-refractivity contribution in [1.82, 2.24) is 10.2 Å². The van der Waals surface area contributed by atoms with Crippen molar-refractivity contribution in [2.75, 3.05) is 23.4 Å². The molecule has 5 rings (SSSR count). The van der Waals surface area contributed by atoms with Gasteiger partial charge in [-0.15, -0.1) is 0 Å². The first-order chi connectivity index (χ1) is 21.1. The molecule has 226 valence electrons. The Kier molecular flexibility index (Phi) is 8.64. The Balaban J connectivity index is 1.61. The molecule has 2 atom stereocenters. The molecule has 4 aromatic carbocycles. The van der Waals surface area contributed by atoms with E-state index in [0.29, 0.717) is 22.5 Å². The van der Waals surface area contributed by atoms with Crippen molar-refractivity contribution in [3.05, 3.63) is 107 Å². The van der Waals surface area contributed by atoms with Crippen LogP contribution in [-0.2, 0) is 22.7 Å². The normalized spacial score (nSPS) is 15.4. The highest BCUT2D eigenvalue weighted by Crippen LogP contribution is 2.36. The van der Waals surface area contributed by atoms with Crippen LogP contribution in [0, 0.1) is 6.92 Å². The van der Waals surface area contributed by atoms with Gasteiger partial charge in [0.05, 0.1) is 31.1 Å². The number of carboxylic acid groups (broad SMARTS) is 1. The summed E-state index contributed by atoms with van der Waals surface area (Å²) in [5.41, 5.74) is 3.88. The molecule has 44 heavy (non-hydrogen) atoms. The predicted molar refractivity (Wildman–Crippen MR) is 168 cm³/mol. The van der Waals surface area contributed by atoms with Crippen LogP contribution in [0.1, 0.15) is 34.0 Å². The number of likely N-dealkylation sites (N-methyl/N-ethyl adjacent to an activating group) is 1. The average Bonchev–Trinajstić information content (AvgIpc) is 3.15. The van der Waals surface area contributed by atoms with Gasteiger partial charge in [-0.1, -0.05) is 60.7 Å². The number of amides is 4. The van der Waals surface area contributed by atoms with Crippen LogP contribution < -0.4 is 15.1 Å². The fraction of sp³-hybridized carbons (Fsp3) is 0.235. The van der Waals surface area contributed by atoms with Gasteiger partial charge in [-0.3, -0.25) is 19.3 Å². The fourth-order valence-electron chi connectivity index (χ4n) is 5.40. The van der Waals surface area contributed by atoms with Crippen molar-refractivity contribution in [3.8, 4) is 0 Å². The lowest BCUT2D eigenvalue weighted by Crippen LogP contribution is -2.56. The van der Waals surface area contributed by atoms with E-state index in [1.807, 2.05) is 43.3 Å². The number of anilines is 2. The van der Waals surface area contributed by atoms with Crippen LogP contribution in [0.15, 0.2) is 84.9 Å². The van der Waals surface area contributed by atoms with Crippen molar-refractivity contribution in [2.45, 2.75) is 39.1 Å². The zero-order valence-corrected chi connectivity index (χ0v) is 24.7. The lowest BCUT2D eigenvalue weighted by molar-refractivity contribution is -0.129. The topological polar surface area (TPSA) is 130 Å². The number of aliphatic hydroxyl groups excluding tert-OH is 1. The quantitative estimate of drug-likeness (QED) is 0.292. The number of hydrogen-bond donors (Lipinski definition) is 3. The molecular formula is C34H34N4O6. The molecule has 0 unspecified atom stereocenters. The lowest BCUT2D eigenvalue weighted by atomic mass is 9.99. The van der Waals surface area contributed by atoms with Gasteiger partial charge in [-0.25, -0.2) is 4.79 Å². The first-order valence-corrected chi connectivity index (χ1v) is 14.3. The number of nitrogens with one attached hydrogen (secondary N) is 1. The summed E-state index contributed by atoms with van der Waals surface area (Å²) in [5, 5.41) is 23.6. The van der Waals surface area contributed by atoms with E-state index in [9.17, 15) is 29.4 Å². The van der Waals surface area contributed by atoms with Gasteiger partial charge >= 0.3 is 6.09 Å². The SMILES string of the molecule is Cc1ccc2ccccc2c1CN1C(=O)[C@@H](NC(=O)[C@H](C)N(C)C(=O)O)CN(C(=O)c2ccc(CO)cc2)c2ccccc21. The number of carbonyl (C=O) groups is 4. The predicted octanol–water partition coefficient (Wildman–Crippen LogP) is 4.32.